The lowest BCUT2D eigenvalue weighted by Gasteiger charge is -2.58. The van der Waals surface area contributed by atoms with Crippen molar-refractivity contribution < 1.29 is 4.42 Å². The summed E-state index contributed by atoms with van der Waals surface area (Å²) < 4.78 is 6.33. The maximum atomic E-state index is 6.33. The van der Waals surface area contributed by atoms with Gasteiger partial charge in [-0.25, -0.2) is 0 Å². The molecule has 0 aliphatic heterocycles. The molecule has 2 aromatic carbocycles. The van der Waals surface area contributed by atoms with Gasteiger partial charge in [0.2, 0.25) is 0 Å². The molecule has 0 amide bonds. The van der Waals surface area contributed by atoms with Gasteiger partial charge < -0.3 is 4.42 Å². The lowest BCUT2D eigenvalue weighted by molar-refractivity contribution is 0.670. The third-order valence-corrected chi connectivity index (χ3v) is 78.8. The monoisotopic (exact) mass is 505 g/mol. The Morgan fingerprint density at radius 3 is 1.85 bits per heavy atom. The molecule has 0 saturated carbocycles. The molecule has 0 N–H and O–H groups in total. The highest BCUT2D eigenvalue weighted by molar-refractivity contribution is 7.92. The summed E-state index contributed by atoms with van der Waals surface area (Å²) in [6.45, 7) is 24.5. The molecule has 0 aliphatic rings. The Morgan fingerprint density at radius 1 is 0.697 bits per heavy atom. The van der Waals surface area contributed by atoms with Gasteiger partial charge in [0.15, 0.2) is 0 Å². The second kappa shape index (κ2) is 7.90. The molecule has 2 heterocycles. The van der Waals surface area contributed by atoms with Crippen LogP contribution in [0.25, 0.3) is 33.2 Å². The fraction of sp³-hybridized carbons (Fsp3) is 0.370. The van der Waals surface area contributed by atoms with Gasteiger partial charge in [-0.3, -0.25) is 4.98 Å². The van der Waals surface area contributed by atoms with Crippen molar-refractivity contribution in [1.29, 1.82) is 0 Å². The van der Waals surface area contributed by atoms with Crippen LogP contribution in [0.3, 0.4) is 0 Å². The van der Waals surface area contributed by atoms with E-state index in [1.54, 1.807) is 5.19 Å². The van der Waals surface area contributed by atoms with Crippen LogP contribution in [0, 0.1) is 6.92 Å². The molecule has 0 atom stereocenters. The normalized spacial score (nSPS) is 13.8. The molecule has 174 valence electrons. The van der Waals surface area contributed by atoms with Crippen LogP contribution in [-0.2, 0) is 0 Å². The van der Waals surface area contributed by atoms with Gasteiger partial charge in [-0.2, -0.15) is 0 Å². The minimum Gasteiger partial charge on any atom is -0.455 e. The van der Waals surface area contributed by atoms with Crippen LogP contribution in [0.5, 0.6) is 0 Å². The Balaban J connectivity index is 1.97. The van der Waals surface area contributed by atoms with Crippen LogP contribution in [-0.4, -0.2) is 34.4 Å². The number of hydrogen-bond acceptors (Lipinski definition) is 2. The minimum atomic E-state index is -1.69. The van der Waals surface area contributed by atoms with Crippen LogP contribution in [0.15, 0.2) is 59.1 Å². The Bertz CT molecular complexity index is 1300. The summed E-state index contributed by atoms with van der Waals surface area (Å²) in [5, 5.41) is 4.01. The molecule has 6 heteroatoms. The largest absolute Gasteiger partial charge is 0.455 e. The molecule has 0 radical (unpaired) electrons. The van der Waals surface area contributed by atoms with Gasteiger partial charge >= 0.3 is 0 Å². The number of benzene rings is 2. The number of fused-ring (bicyclic) bond motifs is 3. The average Bonchev–Trinajstić information content (AvgIpc) is 3.05. The van der Waals surface area contributed by atoms with E-state index in [-0.39, 0.29) is 0 Å². The first kappa shape index (κ1) is 24.4. The quantitative estimate of drug-likeness (QED) is 0.258. The zero-order valence-corrected chi connectivity index (χ0v) is 26.1. The van der Waals surface area contributed by atoms with Crippen LogP contribution in [0.2, 0.25) is 58.9 Å². The van der Waals surface area contributed by atoms with Crippen LogP contribution >= 0.6 is 0 Å². The number of aromatic nitrogens is 1. The van der Waals surface area contributed by atoms with Crippen molar-refractivity contribution in [3.05, 3.63) is 60.3 Å². The molecule has 2 aromatic heterocycles. The summed E-state index contributed by atoms with van der Waals surface area (Å²) in [5.41, 5.74) is 5.47. The van der Waals surface area contributed by atoms with Gasteiger partial charge in [0.05, 0.1) is 12.3 Å². The number of hydrogen-bond donors (Lipinski definition) is 0. The van der Waals surface area contributed by atoms with Crippen molar-refractivity contribution >= 4 is 56.5 Å². The average molecular weight is 506 g/mol. The SMILES string of the molecule is Cc1cc(-c2cccc3c2oc2ccccc23)ncc1[Si]([Si](C)(C)C)([Si](C)(C)C)[Si](C)(C)C. The van der Waals surface area contributed by atoms with Gasteiger partial charge in [-0.15, -0.1) is 0 Å². The molecular formula is C27H39NOSi4. The summed E-state index contributed by atoms with van der Waals surface area (Å²) in [6, 6.07) is 17.1. The number of rotatable bonds is 5. The fourth-order valence-corrected chi connectivity index (χ4v) is 108. The van der Waals surface area contributed by atoms with Crippen molar-refractivity contribution in [2.75, 3.05) is 0 Å². The molecule has 4 rings (SSSR count). The van der Waals surface area contributed by atoms with E-state index in [1.165, 1.54) is 16.3 Å². The molecule has 0 aliphatic carbocycles. The zero-order valence-electron chi connectivity index (χ0n) is 22.1. The summed E-state index contributed by atoms with van der Waals surface area (Å²) >= 11 is 0. The van der Waals surface area contributed by atoms with E-state index in [0.29, 0.717) is 0 Å². The van der Waals surface area contributed by atoms with Crippen molar-refractivity contribution in [2.24, 2.45) is 0 Å². The molecule has 0 bridgehead atoms. The molecular weight excluding hydrogens is 467 g/mol. The summed E-state index contributed by atoms with van der Waals surface area (Å²) in [7, 11) is -4.32. The maximum Gasteiger partial charge on any atom is 0.144 e. The number of nitrogens with zero attached hydrogens (tertiary/aromatic N) is 1. The second-order valence-electron chi connectivity index (χ2n) is 12.7. The first-order valence-electron chi connectivity index (χ1n) is 12.1. The molecule has 0 fully saturated rings. The van der Waals surface area contributed by atoms with Gasteiger partial charge in [-0.1, -0.05) is 89.3 Å². The van der Waals surface area contributed by atoms with Gasteiger partial charge in [-0.05, 0) is 35.9 Å². The van der Waals surface area contributed by atoms with Crippen LogP contribution < -0.4 is 5.19 Å². The topological polar surface area (TPSA) is 26.0 Å². The van der Waals surface area contributed by atoms with E-state index in [2.05, 4.69) is 115 Å². The maximum absolute atomic E-state index is 6.33. The lowest BCUT2D eigenvalue weighted by Crippen LogP contribution is -2.88. The van der Waals surface area contributed by atoms with E-state index in [0.717, 1.165) is 22.4 Å². The summed E-state index contributed by atoms with van der Waals surface area (Å²) in [5.74, 6) is 0. The Labute approximate surface area is 202 Å². The molecule has 2 nitrogen and oxygen atoms in total. The highest BCUT2D eigenvalue weighted by Crippen LogP contribution is 2.39. The second-order valence-corrected chi connectivity index (χ2v) is 53.0. The Kier molecular flexibility index (Phi) is 5.84. The number of furan rings is 1. The van der Waals surface area contributed by atoms with Crippen molar-refractivity contribution in [2.45, 2.75) is 65.8 Å². The fourth-order valence-electron chi connectivity index (χ4n) is 7.63. The lowest BCUT2D eigenvalue weighted by atomic mass is 10.1. The van der Waals surface area contributed by atoms with Gasteiger partial charge in [0.25, 0.3) is 0 Å². The van der Waals surface area contributed by atoms with Gasteiger partial charge in [0, 0.05) is 45.3 Å². The molecule has 0 spiro atoms. The smallest absolute Gasteiger partial charge is 0.144 e. The molecule has 0 unspecified atom stereocenters. The summed E-state index contributed by atoms with van der Waals surface area (Å²) in [4.78, 5) is 5.18. The van der Waals surface area contributed by atoms with E-state index in [9.17, 15) is 0 Å². The van der Waals surface area contributed by atoms with E-state index in [1.807, 2.05) is 6.07 Å². The minimum absolute atomic E-state index is 0.941. The highest BCUT2D eigenvalue weighted by atomic mass is 29.9. The molecule has 4 aromatic rings. The zero-order chi connectivity index (χ0) is 24.4. The van der Waals surface area contributed by atoms with Crippen molar-refractivity contribution in [3.63, 3.8) is 0 Å². The van der Waals surface area contributed by atoms with Crippen LogP contribution in [0.4, 0.5) is 0 Å². The molecule has 0 saturated heterocycles. The molecule has 33 heavy (non-hydrogen) atoms. The predicted molar refractivity (Wildman–Crippen MR) is 157 cm³/mol. The van der Waals surface area contributed by atoms with Crippen molar-refractivity contribution in [1.82, 2.24) is 4.98 Å². The van der Waals surface area contributed by atoms with Crippen molar-refractivity contribution in [3.8, 4) is 11.3 Å². The predicted octanol–water partition coefficient (Wildman–Crippen LogP) is 7.86. The number of pyridine rings is 1. The standard InChI is InChI=1S/C27H39NOSi4/c1-20-18-24(23-16-13-15-22-21-14-11-12-17-25(21)29-27(22)23)28-19-26(20)33(30(2,3)4,31(5,6)7)32(8,9)10/h11-19H,1-10H3. The Hall–Kier alpha value is -1.74. The van der Waals surface area contributed by atoms with E-state index >= 15 is 0 Å². The van der Waals surface area contributed by atoms with Gasteiger partial charge in [0.1, 0.15) is 11.2 Å². The third kappa shape index (κ3) is 3.66. The highest BCUT2D eigenvalue weighted by Gasteiger charge is 2.63. The number of aryl methyl sites for hydroxylation is 1. The van der Waals surface area contributed by atoms with E-state index < -0.39 is 29.4 Å². The number of para-hydroxylation sites is 2. The first-order chi connectivity index (χ1) is 15.2. The van der Waals surface area contributed by atoms with E-state index in [4.69, 9.17) is 9.40 Å². The summed E-state index contributed by atoms with van der Waals surface area (Å²) in [6.07, 6.45) is 2.31. The van der Waals surface area contributed by atoms with Crippen LogP contribution in [0.1, 0.15) is 5.56 Å². The Morgan fingerprint density at radius 2 is 1.27 bits per heavy atom. The first-order valence-corrected chi connectivity index (χ1v) is 27.6. The third-order valence-electron chi connectivity index (χ3n) is 7.57.